The van der Waals surface area contributed by atoms with Gasteiger partial charge in [0.25, 0.3) is 0 Å². The SMILES string of the molecule is CC1(C)CC1c1nnc2n1Cc1ccccc1CC2. The van der Waals surface area contributed by atoms with Crippen LogP contribution in [0.3, 0.4) is 0 Å². The molecule has 98 valence electrons. The molecule has 0 bridgehead atoms. The molecule has 0 N–H and O–H groups in total. The minimum atomic E-state index is 0.412. The van der Waals surface area contributed by atoms with Gasteiger partial charge in [-0.15, -0.1) is 10.2 Å². The highest BCUT2D eigenvalue weighted by molar-refractivity contribution is 5.31. The molecule has 1 fully saturated rings. The van der Waals surface area contributed by atoms with Gasteiger partial charge in [-0.3, -0.25) is 0 Å². The summed E-state index contributed by atoms with van der Waals surface area (Å²) in [6.45, 7) is 5.59. The minimum absolute atomic E-state index is 0.412. The van der Waals surface area contributed by atoms with Crippen LogP contribution in [0.5, 0.6) is 0 Å². The van der Waals surface area contributed by atoms with Crippen molar-refractivity contribution in [2.24, 2.45) is 5.41 Å². The van der Waals surface area contributed by atoms with Crippen LogP contribution in [0.4, 0.5) is 0 Å². The fraction of sp³-hybridized carbons (Fsp3) is 0.500. The zero-order chi connectivity index (χ0) is 13.0. The highest BCUT2D eigenvalue weighted by atomic mass is 15.3. The van der Waals surface area contributed by atoms with Gasteiger partial charge in [0.15, 0.2) is 0 Å². The molecule has 0 radical (unpaired) electrons. The maximum Gasteiger partial charge on any atom is 0.137 e. The van der Waals surface area contributed by atoms with Gasteiger partial charge >= 0.3 is 0 Å². The Labute approximate surface area is 113 Å². The molecule has 4 rings (SSSR count). The second-order valence-corrected chi connectivity index (χ2v) is 6.57. The second kappa shape index (κ2) is 3.69. The molecule has 1 atom stereocenters. The summed E-state index contributed by atoms with van der Waals surface area (Å²) in [5.74, 6) is 2.96. The number of fused-ring (bicyclic) bond motifs is 2. The molecular weight excluding hydrogens is 234 g/mol. The van der Waals surface area contributed by atoms with E-state index in [9.17, 15) is 0 Å². The van der Waals surface area contributed by atoms with Crippen molar-refractivity contribution >= 4 is 0 Å². The van der Waals surface area contributed by atoms with Crippen LogP contribution in [0.25, 0.3) is 0 Å². The molecule has 1 saturated carbocycles. The maximum absolute atomic E-state index is 4.48. The maximum atomic E-state index is 4.48. The van der Waals surface area contributed by atoms with E-state index in [0.29, 0.717) is 11.3 Å². The molecule has 1 aliphatic carbocycles. The number of hydrogen-bond acceptors (Lipinski definition) is 2. The van der Waals surface area contributed by atoms with Gasteiger partial charge in [0.05, 0.1) is 6.54 Å². The van der Waals surface area contributed by atoms with Gasteiger partial charge in [0, 0.05) is 12.3 Å². The normalized spacial score (nSPS) is 23.4. The van der Waals surface area contributed by atoms with E-state index >= 15 is 0 Å². The number of aromatic nitrogens is 3. The Morgan fingerprint density at radius 1 is 1.11 bits per heavy atom. The third-order valence-corrected chi connectivity index (χ3v) is 4.75. The van der Waals surface area contributed by atoms with Crippen molar-refractivity contribution < 1.29 is 0 Å². The molecule has 2 heterocycles. The van der Waals surface area contributed by atoms with Crippen LogP contribution in [0.1, 0.15) is 49.0 Å². The molecule has 2 aliphatic rings. The number of rotatable bonds is 1. The van der Waals surface area contributed by atoms with Crippen molar-refractivity contribution in [3.8, 4) is 0 Å². The Morgan fingerprint density at radius 3 is 2.58 bits per heavy atom. The zero-order valence-corrected chi connectivity index (χ0v) is 11.6. The molecular formula is C16H19N3. The van der Waals surface area contributed by atoms with Crippen LogP contribution in [0.2, 0.25) is 0 Å². The fourth-order valence-corrected chi connectivity index (χ4v) is 3.24. The first-order valence-corrected chi connectivity index (χ1v) is 7.14. The lowest BCUT2D eigenvalue weighted by atomic mass is 10.0. The molecule has 0 amide bonds. The summed E-state index contributed by atoms with van der Waals surface area (Å²) in [5.41, 5.74) is 3.31. The topological polar surface area (TPSA) is 30.7 Å². The van der Waals surface area contributed by atoms with E-state index in [4.69, 9.17) is 0 Å². The standard InChI is InChI=1S/C16H19N3/c1-16(2)9-13(16)15-18-17-14-8-7-11-5-3-4-6-12(11)10-19(14)15/h3-6,13H,7-10H2,1-2H3. The number of aryl methyl sites for hydroxylation is 2. The molecule has 3 nitrogen and oxygen atoms in total. The van der Waals surface area contributed by atoms with Gasteiger partial charge in [-0.2, -0.15) is 0 Å². The van der Waals surface area contributed by atoms with Gasteiger partial charge in [0.1, 0.15) is 11.6 Å². The summed E-state index contributed by atoms with van der Waals surface area (Å²) < 4.78 is 2.37. The second-order valence-electron chi connectivity index (χ2n) is 6.57. The number of nitrogens with zero attached hydrogens (tertiary/aromatic N) is 3. The van der Waals surface area contributed by atoms with Crippen molar-refractivity contribution in [3.63, 3.8) is 0 Å². The van der Waals surface area contributed by atoms with Crippen molar-refractivity contribution in [1.82, 2.24) is 14.8 Å². The average Bonchev–Trinajstić information content (AvgIpc) is 2.92. The van der Waals surface area contributed by atoms with E-state index in [-0.39, 0.29) is 0 Å². The Balaban J connectivity index is 1.77. The minimum Gasteiger partial charge on any atom is -0.310 e. The lowest BCUT2D eigenvalue weighted by molar-refractivity contribution is 0.586. The highest BCUT2D eigenvalue weighted by Crippen LogP contribution is 2.58. The zero-order valence-electron chi connectivity index (χ0n) is 11.6. The van der Waals surface area contributed by atoms with E-state index in [1.54, 1.807) is 0 Å². The van der Waals surface area contributed by atoms with Gasteiger partial charge in [-0.05, 0) is 29.4 Å². The molecule has 1 unspecified atom stereocenters. The summed E-state index contributed by atoms with van der Waals surface area (Å²) in [4.78, 5) is 0. The van der Waals surface area contributed by atoms with E-state index in [2.05, 4.69) is 52.9 Å². The predicted octanol–water partition coefficient (Wildman–Crippen LogP) is 2.94. The number of benzene rings is 1. The molecule has 3 heteroatoms. The predicted molar refractivity (Wildman–Crippen MR) is 74.1 cm³/mol. The Hall–Kier alpha value is -1.64. The first-order valence-electron chi connectivity index (χ1n) is 7.14. The van der Waals surface area contributed by atoms with Gasteiger partial charge < -0.3 is 4.57 Å². The summed E-state index contributed by atoms with van der Waals surface area (Å²) >= 11 is 0. The first-order chi connectivity index (χ1) is 9.15. The summed E-state index contributed by atoms with van der Waals surface area (Å²) in [5, 5.41) is 8.92. The third-order valence-electron chi connectivity index (χ3n) is 4.75. The average molecular weight is 253 g/mol. The molecule has 1 aromatic heterocycles. The van der Waals surface area contributed by atoms with E-state index in [1.165, 1.54) is 23.4 Å². The summed E-state index contributed by atoms with van der Waals surface area (Å²) in [7, 11) is 0. The molecule has 0 saturated heterocycles. The van der Waals surface area contributed by atoms with Crippen LogP contribution < -0.4 is 0 Å². The number of hydrogen-bond donors (Lipinski definition) is 0. The van der Waals surface area contributed by atoms with Crippen LogP contribution in [0.15, 0.2) is 24.3 Å². The van der Waals surface area contributed by atoms with Crippen LogP contribution in [-0.4, -0.2) is 14.8 Å². The van der Waals surface area contributed by atoms with Crippen LogP contribution >= 0.6 is 0 Å². The lowest BCUT2D eigenvalue weighted by Crippen LogP contribution is -2.08. The molecule has 19 heavy (non-hydrogen) atoms. The van der Waals surface area contributed by atoms with Crippen molar-refractivity contribution in [1.29, 1.82) is 0 Å². The van der Waals surface area contributed by atoms with Crippen LogP contribution in [-0.2, 0) is 19.4 Å². The van der Waals surface area contributed by atoms with Gasteiger partial charge in [-0.25, -0.2) is 0 Å². The first kappa shape index (κ1) is 11.2. The molecule has 1 aliphatic heterocycles. The van der Waals surface area contributed by atoms with E-state index < -0.39 is 0 Å². The quantitative estimate of drug-likeness (QED) is 0.782. The monoisotopic (exact) mass is 253 g/mol. The van der Waals surface area contributed by atoms with Gasteiger partial charge in [0.2, 0.25) is 0 Å². The van der Waals surface area contributed by atoms with Gasteiger partial charge in [-0.1, -0.05) is 38.1 Å². The summed E-state index contributed by atoms with van der Waals surface area (Å²) in [6.07, 6.45) is 3.34. The molecule has 1 aromatic carbocycles. The van der Waals surface area contributed by atoms with E-state index in [1.807, 2.05) is 0 Å². The Bertz CT molecular complexity index is 639. The van der Waals surface area contributed by atoms with Crippen molar-refractivity contribution in [3.05, 3.63) is 47.0 Å². The summed E-state index contributed by atoms with van der Waals surface area (Å²) in [6, 6.07) is 8.76. The van der Waals surface area contributed by atoms with Crippen molar-refractivity contribution in [2.45, 2.75) is 45.6 Å². The molecule has 0 spiro atoms. The third kappa shape index (κ3) is 1.71. The Morgan fingerprint density at radius 2 is 1.84 bits per heavy atom. The van der Waals surface area contributed by atoms with E-state index in [0.717, 1.165) is 25.2 Å². The van der Waals surface area contributed by atoms with Crippen LogP contribution in [0, 0.1) is 5.41 Å². The lowest BCUT2D eigenvalue weighted by Gasteiger charge is -2.10. The largest absolute Gasteiger partial charge is 0.310 e. The van der Waals surface area contributed by atoms with Crippen molar-refractivity contribution in [2.75, 3.05) is 0 Å². The fourth-order valence-electron chi connectivity index (χ4n) is 3.24. The Kier molecular flexibility index (Phi) is 2.17. The smallest absolute Gasteiger partial charge is 0.137 e. The highest BCUT2D eigenvalue weighted by Gasteiger charge is 2.49. The molecule has 2 aromatic rings.